The lowest BCUT2D eigenvalue weighted by Crippen LogP contribution is -2.37. The van der Waals surface area contributed by atoms with E-state index >= 15 is 0 Å². The molecule has 0 aliphatic rings. The summed E-state index contributed by atoms with van der Waals surface area (Å²) in [6.45, 7) is 6.80. The number of alkyl halides is 1. The Morgan fingerprint density at radius 1 is 1.22 bits per heavy atom. The van der Waals surface area contributed by atoms with Crippen LogP contribution in [0.1, 0.15) is 32.4 Å². The molecule has 0 heterocycles. The minimum Gasteiger partial charge on any atom is -0.409 e. The van der Waals surface area contributed by atoms with Crippen molar-refractivity contribution in [1.29, 1.82) is 0 Å². The van der Waals surface area contributed by atoms with Crippen LogP contribution in [0.15, 0.2) is 24.3 Å². The van der Waals surface area contributed by atoms with Crippen LogP contribution in [0.5, 0.6) is 0 Å². The molecule has 0 fully saturated rings. The first-order valence-corrected chi connectivity index (χ1v) is 11.0. The number of benzene rings is 1. The number of hydrogen-bond acceptors (Lipinski definition) is 1. The predicted molar refractivity (Wildman–Crippen MR) is 91.4 cm³/mol. The van der Waals surface area contributed by atoms with Gasteiger partial charge in [0, 0.05) is 9.45 Å². The minimum atomic E-state index is -1.55. The number of hydrogen-bond donors (Lipinski definition) is 0. The van der Waals surface area contributed by atoms with Crippen LogP contribution >= 0.6 is 34.2 Å². The van der Waals surface area contributed by atoms with E-state index in [2.05, 4.69) is 49.4 Å². The maximum absolute atomic E-state index is 6.55. The highest BCUT2D eigenvalue weighted by atomic mass is 127. The summed E-state index contributed by atoms with van der Waals surface area (Å²) in [7, 11) is -1.55. The Morgan fingerprint density at radius 2 is 1.83 bits per heavy atom. The molecule has 0 N–H and O–H groups in total. The molecule has 1 rings (SSSR count). The Balaban J connectivity index is 2.90. The molecule has 1 atom stereocenters. The average molecular weight is 397 g/mol. The Hall–Kier alpha value is 0.417. The lowest BCUT2D eigenvalue weighted by atomic mass is 10.1. The molecule has 0 saturated carbocycles. The molecular formula is C14H22ClIOSi. The summed E-state index contributed by atoms with van der Waals surface area (Å²) >= 11 is 8.48. The second-order valence-electron chi connectivity index (χ2n) is 4.56. The zero-order valence-corrected chi connectivity index (χ0v) is 15.3. The van der Waals surface area contributed by atoms with Gasteiger partial charge in [0.2, 0.25) is 0 Å². The molecule has 1 aromatic rings. The van der Waals surface area contributed by atoms with Gasteiger partial charge in [-0.25, -0.2) is 0 Å². The molecule has 0 aromatic heterocycles. The van der Waals surface area contributed by atoms with E-state index < -0.39 is 8.32 Å². The lowest BCUT2D eigenvalue weighted by molar-refractivity contribution is 0.217. The first-order valence-electron chi connectivity index (χ1n) is 6.60. The van der Waals surface area contributed by atoms with Crippen LogP contribution in [-0.4, -0.2) is 12.7 Å². The van der Waals surface area contributed by atoms with Gasteiger partial charge in [-0.2, -0.15) is 0 Å². The van der Waals surface area contributed by atoms with Gasteiger partial charge < -0.3 is 4.43 Å². The Kier molecular flexibility index (Phi) is 7.20. The standard InChI is InChI=1S/C14H22ClIOSi/c1-4-18(5-2,6-3)17-14(11-16)12-8-7-9-13(15)10-12/h7-10,14H,4-6,11H2,1-3H3/t14-/m0/s1. The fourth-order valence-corrected chi connectivity index (χ4v) is 6.25. The summed E-state index contributed by atoms with van der Waals surface area (Å²) in [6.07, 6.45) is 0.191. The summed E-state index contributed by atoms with van der Waals surface area (Å²) in [5, 5.41) is 0.794. The van der Waals surface area contributed by atoms with E-state index in [1.54, 1.807) is 0 Å². The maximum atomic E-state index is 6.55. The lowest BCUT2D eigenvalue weighted by Gasteiger charge is -2.33. The summed E-state index contributed by atoms with van der Waals surface area (Å²) < 4.78 is 7.53. The molecular weight excluding hydrogens is 375 g/mol. The molecule has 1 aromatic carbocycles. The Morgan fingerprint density at radius 3 is 2.28 bits per heavy atom. The second kappa shape index (κ2) is 7.87. The third kappa shape index (κ3) is 4.22. The normalized spacial score (nSPS) is 13.6. The topological polar surface area (TPSA) is 9.23 Å². The molecule has 0 amide bonds. The maximum Gasteiger partial charge on any atom is 0.192 e. The SMILES string of the molecule is CC[Si](CC)(CC)O[C@@H](CI)c1cccc(Cl)c1. The van der Waals surface area contributed by atoms with Gasteiger partial charge in [-0.15, -0.1) is 0 Å². The predicted octanol–water partition coefficient (Wildman–Crippen LogP) is 5.84. The molecule has 0 bridgehead atoms. The summed E-state index contributed by atoms with van der Waals surface area (Å²) in [4.78, 5) is 0. The zero-order chi connectivity index (χ0) is 13.6. The van der Waals surface area contributed by atoms with E-state index in [-0.39, 0.29) is 6.10 Å². The molecule has 0 spiro atoms. The first-order chi connectivity index (χ1) is 8.60. The Labute approximate surface area is 131 Å². The Bertz CT molecular complexity index is 360. The molecule has 0 unspecified atom stereocenters. The quantitative estimate of drug-likeness (QED) is 0.320. The van der Waals surface area contributed by atoms with Gasteiger partial charge in [-0.1, -0.05) is 67.1 Å². The van der Waals surface area contributed by atoms with E-state index in [9.17, 15) is 0 Å². The second-order valence-corrected chi connectivity index (χ2v) is 10.6. The van der Waals surface area contributed by atoms with E-state index in [1.807, 2.05) is 18.2 Å². The number of rotatable bonds is 7. The van der Waals surface area contributed by atoms with Crippen molar-refractivity contribution < 1.29 is 4.43 Å². The van der Waals surface area contributed by atoms with Crippen molar-refractivity contribution in [3.63, 3.8) is 0 Å². The van der Waals surface area contributed by atoms with Crippen molar-refractivity contribution in [2.75, 3.05) is 4.43 Å². The van der Waals surface area contributed by atoms with Gasteiger partial charge in [0.05, 0.1) is 6.10 Å². The van der Waals surface area contributed by atoms with E-state index in [1.165, 1.54) is 23.7 Å². The van der Waals surface area contributed by atoms with Crippen molar-refractivity contribution >= 4 is 42.5 Å². The molecule has 1 nitrogen and oxygen atoms in total. The highest BCUT2D eigenvalue weighted by Gasteiger charge is 2.32. The molecule has 0 aliphatic carbocycles. The van der Waals surface area contributed by atoms with Gasteiger partial charge in [-0.3, -0.25) is 0 Å². The van der Waals surface area contributed by atoms with E-state index in [0.717, 1.165) is 9.45 Å². The molecule has 18 heavy (non-hydrogen) atoms. The molecule has 0 saturated heterocycles. The highest BCUT2D eigenvalue weighted by Crippen LogP contribution is 2.31. The molecule has 0 radical (unpaired) electrons. The third-order valence-electron chi connectivity index (χ3n) is 3.69. The van der Waals surface area contributed by atoms with Crippen LogP contribution in [0.25, 0.3) is 0 Å². The van der Waals surface area contributed by atoms with Crippen LogP contribution in [0, 0.1) is 0 Å². The van der Waals surface area contributed by atoms with Crippen LogP contribution in [-0.2, 0) is 4.43 Å². The highest BCUT2D eigenvalue weighted by molar-refractivity contribution is 14.1. The van der Waals surface area contributed by atoms with Crippen molar-refractivity contribution in [1.82, 2.24) is 0 Å². The van der Waals surface area contributed by atoms with Gasteiger partial charge in [0.15, 0.2) is 8.32 Å². The largest absolute Gasteiger partial charge is 0.409 e. The summed E-state index contributed by atoms with van der Waals surface area (Å²) in [5.74, 6) is 0. The van der Waals surface area contributed by atoms with Crippen molar-refractivity contribution in [3.05, 3.63) is 34.9 Å². The molecule has 4 heteroatoms. The summed E-state index contributed by atoms with van der Waals surface area (Å²) in [5.41, 5.74) is 1.21. The average Bonchev–Trinajstić information content (AvgIpc) is 2.41. The van der Waals surface area contributed by atoms with E-state index in [0.29, 0.717) is 0 Å². The van der Waals surface area contributed by atoms with Gasteiger partial charge in [0.25, 0.3) is 0 Å². The van der Waals surface area contributed by atoms with Crippen LogP contribution in [0.4, 0.5) is 0 Å². The first kappa shape index (κ1) is 16.5. The van der Waals surface area contributed by atoms with Crippen molar-refractivity contribution in [2.45, 2.75) is 45.0 Å². The zero-order valence-electron chi connectivity index (χ0n) is 11.4. The molecule has 0 aliphatic heterocycles. The number of halogens is 2. The van der Waals surface area contributed by atoms with Gasteiger partial charge in [-0.05, 0) is 35.8 Å². The third-order valence-corrected chi connectivity index (χ3v) is 9.37. The fourth-order valence-electron chi connectivity index (χ4n) is 2.20. The minimum absolute atomic E-state index is 0.191. The van der Waals surface area contributed by atoms with E-state index in [4.69, 9.17) is 16.0 Å². The monoisotopic (exact) mass is 396 g/mol. The van der Waals surface area contributed by atoms with Crippen LogP contribution in [0.3, 0.4) is 0 Å². The van der Waals surface area contributed by atoms with Crippen LogP contribution in [0.2, 0.25) is 23.2 Å². The van der Waals surface area contributed by atoms with Crippen LogP contribution < -0.4 is 0 Å². The van der Waals surface area contributed by atoms with Crippen molar-refractivity contribution in [2.24, 2.45) is 0 Å². The molecule has 102 valence electrons. The smallest absolute Gasteiger partial charge is 0.192 e. The van der Waals surface area contributed by atoms with Crippen molar-refractivity contribution in [3.8, 4) is 0 Å². The summed E-state index contributed by atoms with van der Waals surface area (Å²) in [6, 6.07) is 11.6. The fraction of sp³-hybridized carbons (Fsp3) is 0.571. The van der Waals surface area contributed by atoms with Gasteiger partial charge >= 0.3 is 0 Å². The van der Waals surface area contributed by atoms with Gasteiger partial charge in [0.1, 0.15) is 0 Å².